The first-order valence-corrected chi connectivity index (χ1v) is 13.0. The van der Waals surface area contributed by atoms with E-state index in [2.05, 4.69) is 0 Å². The van der Waals surface area contributed by atoms with Crippen molar-refractivity contribution in [1.82, 2.24) is 9.80 Å². The summed E-state index contributed by atoms with van der Waals surface area (Å²) in [5, 5.41) is -0.338. The molecule has 37 heavy (non-hydrogen) atoms. The average Bonchev–Trinajstić information content (AvgIpc) is 3.17. The van der Waals surface area contributed by atoms with E-state index >= 15 is 0 Å². The van der Waals surface area contributed by atoms with Gasteiger partial charge < -0.3 is 23.8 Å². The van der Waals surface area contributed by atoms with E-state index in [-0.39, 0.29) is 36.8 Å². The molecule has 0 aliphatic carbocycles. The fraction of sp³-hybridized carbons (Fsp3) is 0.370. The molecule has 2 heterocycles. The number of hydrogen-bond donors (Lipinski definition) is 0. The third kappa shape index (κ3) is 7.05. The van der Waals surface area contributed by atoms with Crippen molar-refractivity contribution < 1.29 is 33.3 Å². The van der Waals surface area contributed by atoms with Crippen LogP contribution in [0.25, 0.3) is 6.08 Å². The molecule has 2 aromatic carbocycles. The van der Waals surface area contributed by atoms with E-state index in [1.54, 1.807) is 29.2 Å². The van der Waals surface area contributed by atoms with Gasteiger partial charge in [0.15, 0.2) is 18.1 Å². The Morgan fingerprint density at radius 3 is 2.51 bits per heavy atom. The van der Waals surface area contributed by atoms with Crippen LogP contribution in [-0.4, -0.2) is 79.5 Å². The maximum atomic E-state index is 12.9. The smallest absolute Gasteiger partial charge is 0.293 e. The molecule has 2 fully saturated rings. The first-order valence-electron chi connectivity index (χ1n) is 12.1. The Labute approximate surface area is 220 Å². The summed E-state index contributed by atoms with van der Waals surface area (Å²) >= 11 is 0.889. The van der Waals surface area contributed by atoms with Gasteiger partial charge in [0.1, 0.15) is 12.4 Å². The van der Waals surface area contributed by atoms with E-state index in [9.17, 15) is 14.4 Å². The number of ether oxygens (including phenoxy) is 4. The van der Waals surface area contributed by atoms with E-state index in [1.807, 2.05) is 38.1 Å². The summed E-state index contributed by atoms with van der Waals surface area (Å²) < 4.78 is 22.4. The van der Waals surface area contributed by atoms with Crippen LogP contribution in [0.5, 0.6) is 17.2 Å². The summed E-state index contributed by atoms with van der Waals surface area (Å²) in [6.07, 6.45) is 1.65. The standard InChI is InChI=1S/C27H30N2O7S/c1-3-34-23-16-20(6-9-22(23)36-18-25(30)28-10-13-33-14-11-28)17-24-26(31)29(27(32)37-24)12-15-35-21-7-4-19(2)5-8-21/h4-9,16-17H,3,10-15,18H2,1-2H3/b24-17-. The SMILES string of the molecule is CCOc1cc(/C=C2\SC(=O)N(CCOc3ccc(C)cc3)C2=O)ccc1OCC(=O)N1CCOCC1. The molecule has 0 radical (unpaired) electrons. The van der Waals surface area contributed by atoms with E-state index < -0.39 is 0 Å². The van der Waals surface area contributed by atoms with Gasteiger partial charge in [-0.1, -0.05) is 23.8 Å². The molecule has 196 valence electrons. The molecule has 3 amide bonds. The number of amides is 3. The fourth-order valence-electron chi connectivity index (χ4n) is 3.78. The van der Waals surface area contributed by atoms with Crippen molar-refractivity contribution in [2.24, 2.45) is 0 Å². The summed E-state index contributed by atoms with van der Waals surface area (Å²) in [5.41, 5.74) is 1.80. The molecule has 2 saturated heterocycles. The number of hydrogen-bond acceptors (Lipinski definition) is 8. The van der Waals surface area contributed by atoms with Crippen molar-refractivity contribution in [3.8, 4) is 17.2 Å². The lowest BCUT2D eigenvalue weighted by atomic mass is 10.2. The first kappa shape index (κ1) is 26.6. The third-order valence-corrected chi connectivity index (χ3v) is 6.67. The summed E-state index contributed by atoms with van der Waals surface area (Å²) in [7, 11) is 0. The predicted octanol–water partition coefficient (Wildman–Crippen LogP) is 3.75. The van der Waals surface area contributed by atoms with Gasteiger partial charge >= 0.3 is 0 Å². The molecule has 0 aromatic heterocycles. The van der Waals surface area contributed by atoms with Crippen LogP contribution in [0.3, 0.4) is 0 Å². The Balaban J connectivity index is 1.37. The molecule has 9 nitrogen and oxygen atoms in total. The van der Waals surface area contributed by atoms with Gasteiger partial charge in [0.25, 0.3) is 17.1 Å². The second-order valence-corrected chi connectivity index (χ2v) is 9.41. The molecule has 0 spiro atoms. The Kier molecular flexibility index (Phi) is 9.08. The molecule has 2 aliphatic rings. The van der Waals surface area contributed by atoms with Crippen molar-refractivity contribution in [1.29, 1.82) is 0 Å². The predicted molar refractivity (Wildman–Crippen MR) is 140 cm³/mol. The number of nitrogens with zero attached hydrogens (tertiary/aromatic N) is 2. The first-order chi connectivity index (χ1) is 17.9. The Hall–Kier alpha value is -3.50. The van der Waals surface area contributed by atoms with Crippen molar-refractivity contribution >= 4 is 34.9 Å². The van der Waals surface area contributed by atoms with Crippen LogP contribution >= 0.6 is 11.8 Å². The number of benzene rings is 2. The quantitative estimate of drug-likeness (QED) is 0.432. The number of carbonyl (C=O) groups is 3. The highest BCUT2D eigenvalue weighted by atomic mass is 32.2. The van der Waals surface area contributed by atoms with Crippen molar-refractivity contribution in [3.05, 3.63) is 58.5 Å². The molecule has 0 saturated carbocycles. The lowest BCUT2D eigenvalue weighted by Gasteiger charge is -2.26. The largest absolute Gasteiger partial charge is 0.492 e. The zero-order chi connectivity index (χ0) is 26.2. The lowest BCUT2D eigenvalue weighted by molar-refractivity contribution is -0.137. The molecule has 0 unspecified atom stereocenters. The summed E-state index contributed by atoms with van der Waals surface area (Å²) in [4.78, 5) is 40.9. The van der Waals surface area contributed by atoms with E-state index in [0.717, 1.165) is 17.3 Å². The van der Waals surface area contributed by atoms with Gasteiger partial charge in [-0.2, -0.15) is 0 Å². The number of rotatable bonds is 10. The zero-order valence-corrected chi connectivity index (χ0v) is 21.8. The van der Waals surface area contributed by atoms with Crippen LogP contribution in [-0.2, 0) is 14.3 Å². The van der Waals surface area contributed by atoms with Crippen LogP contribution in [0.1, 0.15) is 18.1 Å². The van der Waals surface area contributed by atoms with Gasteiger partial charge in [0, 0.05) is 13.1 Å². The highest BCUT2D eigenvalue weighted by Gasteiger charge is 2.34. The van der Waals surface area contributed by atoms with Crippen molar-refractivity contribution in [2.45, 2.75) is 13.8 Å². The zero-order valence-electron chi connectivity index (χ0n) is 20.9. The summed E-state index contributed by atoms with van der Waals surface area (Å²) in [5.74, 6) is 1.09. The van der Waals surface area contributed by atoms with Gasteiger partial charge in [0.05, 0.1) is 31.3 Å². The normalized spacial score (nSPS) is 16.9. The van der Waals surface area contributed by atoms with Gasteiger partial charge in [-0.3, -0.25) is 19.3 Å². The maximum Gasteiger partial charge on any atom is 0.293 e. The van der Waals surface area contributed by atoms with E-state index in [1.165, 1.54) is 4.90 Å². The van der Waals surface area contributed by atoms with E-state index in [0.29, 0.717) is 60.6 Å². The molecule has 0 bridgehead atoms. The Morgan fingerprint density at radius 2 is 1.78 bits per heavy atom. The van der Waals surface area contributed by atoms with Gasteiger partial charge in [-0.05, 0) is 61.5 Å². The number of morpholine rings is 1. The monoisotopic (exact) mass is 526 g/mol. The topological polar surface area (TPSA) is 94.6 Å². The van der Waals surface area contributed by atoms with E-state index in [4.69, 9.17) is 18.9 Å². The minimum absolute atomic E-state index is 0.108. The van der Waals surface area contributed by atoms with Crippen LogP contribution in [0, 0.1) is 6.92 Å². The van der Waals surface area contributed by atoms with Gasteiger partial charge in [0.2, 0.25) is 0 Å². The van der Waals surface area contributed by atoms with Crippen molar-refractivity contribution in [2.75, 3.05) is 52.7 Å². The third-order valence-electron chi connectivity index (χ3n) is 5.76. The molecular weight excluding hydrogens is 496 g/mol. The lowest BCUT2D eigenvalue weighted by Crippen LogP contribution is -2.43. The highest BCUT2D eigenvalue weighted by Crippen LogP contribution is 2.34. The van der Waals surface area contributed by atoms with Crippen LogP contribution < -0.4 is 14.2 Å². The molecule has 0 N–H and O–H groups in total. The molecule has 2 aromatic rings. The molecule has 4 rings (SSSR count). The summed E-state index contributed by atoms with van der Waals surface area (Å²) in [6.45, 7) is 6.63. The number of imide groups is 1. The number of aryl methyl sites for hydroxylation is 1. The Bertz CT molecular complexity index is 1160. The summed E-state index contributed by atoms with van der Waals surface area (Å²) in [6, 6.07) is 12.8. The highest BCUT2D eigenvalue weighted by molar-refractivity contribution is 8.18. The van der Waals surface area contributed by atoms with Crippen molar-refractivity contribution in [3.63, 3.8) is 0 Å². The number of carbonyl (C=O) groups excluding carboxylic acids is 3. The van der Waals surface area contributed by atoms with Gasteiger partial charge in [-0.15, -0.1) is 0 Å². The second-order valence-electron chi connectivity index (χ2n) is 8.42. The number of thioether (sulfide) groups is 1. The van der Waals surface area contributed by atoms with Crippen LogP contribution in [0.15, 0.2) is 47.4 Å². The van der Waals surface area contributed by atoms with Crippen LogP contribution in [0.2, 0.25) is 0 Å². The maximum absolute atomic E-state index is 12.9. The molecule has 2 aliphatic heterocycles. The average molecular weight is 527 g/mol. The minimum Gasteiger partial charge on any atom is -0.492 e. The molecule has 0 atom stereocenters. The fourth-order valence-corrected chi connectivity index (χ4v) is 4.64. The Morgan fingerprint density at radius 1 is 1.03 bits per heavy atom. The van der Waals surface area contributed by atoms with Crippen LogP contribution in [0.4, 0.5) is 4.79 Å². The van der Waals surface area contributed by atoms with Gasteiger partial charge in [-0.25, -0.2) is 0 Å². The minimum atomic E-state index is -0.364. The molecular formula is C27H30N2O7S. The second kappa shape index (κ2) is 12.6. The molecule has 10 heteroatoms.